The SMILES string of the molecule is c1ccc2c(c1)Oc1ccc(-c3ccc4[nH]c5ccccc5c4c3)cc1O2. The summed E-state index contributed by atoms with van der Waals surface area (Å²) in [4.78, 5) is 3.47. The Kier molecular flexibility index (Phi) is 2.88. The van der Waals surface area contributed by atoms with Crippen LogP contribution in [0.4, 0.5) is 0 Å². The van der Waals surface area contributed by atoms with E-state index < -0.39 is 0 Å². The highest BCUT2D eigenvalue weighted by atomic mass is 16.6. The van der Waals surface area contributed by atoms with E-state index in [0.29, 0.717) is 0 Å². The van der Waals surface area contributed by atoms with Gasteiger partial charge in [-0.05, 0) is 53.6 Å². The highest BCUT2D eigenvalue weighted by Gasteiger charge is 2.18. The molecule has 6 rings (SSSR count). The number of benzene rings is 4. The van der Waals surface area contributed by atoms with E-state index in [2.05, 4.69) is 53.5 Å². The number of aromatic amines is 1. The standard InChI is InChI=1S/C24H15NO2/c1-2-6-19-17(5-1)18-13-15(9-11-20(18)25-19)16-10-12-23-24(14-16)27-22-8-4-3-7-21(22)26-23/h1-14,25H. The molecule has 0 saturated heterocycles. The molecule has 2 heterocycles. The van der Waals surface area contributed by atoms with Gasteiger partial charge in [-0.2, -0.15) is 0 Å². The van der Waals surface area contributed by atoms with Crippen LogP contribution >= 0.6 is 0 Å². The van der Waals surface area contributed by atoms with Gasteiger partial charge in [0.1, 0.15) is 0 Å². The normalized spacial score (nSPS) is 12.3. The molecule has 0 spiro atoms. The Bertz CT molecular complexity index is 1330. The fraction of sp³-hybridized carbons (Fsp3) is 0. The van der Waals surface area contributed by atoms with Crippen LogP contribution in [0.15, 0.2) is 84.9 Å². The van der Waals surface area contributed by atoms with E-state index in [1.54, 1.807) is 0 Å². The van der Waals surface area contributed by atoms with Gasteiger partial charge in [-0.3, -0.25) is 0 Å². The van der Waals surface area contributed by atoms with Gasteiger partial charge in [-0.1, -0.05) is 42.5 Å². The Morgan fingerprint density at radius 2 is 1.11 bits per heavy atom. The molecule has 0 amide bonds. The van der Waals surface area contributed by atoms with Crippen LogP contribution in [0.5, 0.6) is 23.0 Å². The van der Waals surface area contributed by atoms with Crippen LogP contribution < -0.4 is 9.47 Å². The minimum atomic E-state index is 0.741. The summed E-state index contributed by atoms with van der Waals surface area (Å²) in [5, 5.41) is 2.46. The quantitative estimate of drug-likeness (QED) is 0.351. The molecule has 0 unspecified atom stereocenters. The van der Waals surface area contributed by atoms with E-state index >= 15 is 0 Å². The van der Waals surface area contributed by atoms with Gasteiger partial charge in [0.05, 0.1) is 0 Å². The molecule has 1 aliphatic rings. The molecule has 0 bridgehead atoms. The zero-order valence-corrected chi connectivity index (χ0v) is 14.4. The van der Waals surface area contributed by atoms with E-state index in [1.807, 2.05) is 36.4 Å². The van der Waals surface area contributed by atoms with Crippen LogP contribution in [0.2, 0.25) is 0 Å². The van der Waals surface area contributed by atoms with Crippen molar-refractivity contribution in [2.75, 3.05) is 0 Å². The van der Waals surface area contributed by atoms with Gasteiger partial charge in [0.25, 0.3) is 0 Å². The van der Waals surface area contributed by atoms with Crippen LogP contribution in [-0.4, -0.2) is 4.98 Å². The van der Waals surface area contributed by atoms with Crippen molar-refractivity contribution in [2.24, 2.45) is 0 Å². The van der Waals surface area contributed by atoms with Crippen molar-refractivity contribution >= 4 is 21.8 Å². The first-order chi connectivity index (χ1) is 13.3. The van der Waals surface area contributed by atoms with Gasteiger partial charge < -0.3 is 14.5 Å². The summed E-state index contributed by atoms with van der Waals surface area (Å²) in [5.41, 5.74) is 4.55. The minimum absolute atomic E-state index is 0.741. The highest BCUT2D eigenvalue weighted by Crippen LogP contribution is 2.46. The van der Waals surface area contributed by atoms with Gasteiger partial charge >= 0.3 is 0 Å². The van der Waals surface area contributed by atoms with Crippen LogP contribution in [0.3, 0.4) is 0 Å². The Morgan fingerprint density at radius 3 is 2.00 bits per heavy atom. The van der Waals surface area contributed by atoms with Crippen molar-refractivity contribution in [3.05, 3.63) is 84.9 Å². The third kappa shape index (κ3) is 2.22. The fourth-order valence-corrected chi connectivity index (χ4v) is 3.74. The maximum Gasteiger partial charge on any atom is 0.170 e. The Balaban J connectivity index is 1.47. The van der Waals surface area contributed by atoms with E-state index in [-0.39, 0.29) is 0 Å². The molecule has 0 atom stereocenters. The number of para-hydroxylation sites is 3. The third-order valence-corrected chi connectivity index (χ3v) is 5.07. The highest BCUT2D eigenvalue weighted by molar-refractivity contribution is 6.08. The second-order valence-electron chi connectivity index (χ2n) is 6.74. The number of hydrogen-bond acceptors (Lipinski definition) is 2. The van der Waals surface area contributed by atoms with Crippen molar-refractivity contribution in [1.82, 2.24) is 4.98 Å². The second kappa shape index (κ2) is 5.39. The third-order valence-electron chi connectivity index (χ3n) is 5.07. The smallest absolute Gasteiger partial charge is 0.170 e. The minimum Gasteiger partial charge on any atom is -0.450 e. The van der Waals surface area contributed by atoms with Crippen LogP contribution in [-0.2, 0) is 0 Å². The van der Waals surface area contributed by atoms with Gasteiger partial charge in [-0.15, -0.1) is 0 Å². The van der Waals surface area contributed by atoms with Gasteiger partial charge in [-0.25, -0.2) is 0 Å². The molecule has 0 radical (unpaired) electrons. The van der Waals surface area contributed by atoms with E-state index in [1.165, 1.54) is 10.8 Å². The predicted octanol–water partition coefficient (Wildman–Crippen LogP) is 6.89. The van der Waals surface area contributed by atoms with Crippen molar-refractivity contribution < 1.29 is 9.47 Å². The molecule has 1 N–H and O–H groups in total. The lowest BCUT2D eigenvalue weighted by Gasteiger charge is -2.21. The number of rotatable bonds is 1. The van der Waals surface area contributed by atoms with Gasteiger partial charge in [0.15, 0.2) is 23.0 Å². The molecule has 0 saturated carbocycles. The lowest BCUT2D eigenvalue weighted by molar-refractivity contribution is 0.360. The molecule has 1 aromatic heterocycles. The predicted molar refractivity (Wildman–Crippen MR) is 108 cm³/mol. The number of ether oxygens (including phenoxy) is 2. The Hall–Kier alpha value is -3.72. The van der Waals surface area contributed by atoms with Crippen molar-refractivity contribution in [1.29, 1.82) is 0 Å². The Labute approximate surface area is 155 Å². The first-order valence-electron chi connectivity index (χ1n) is 8.95. The largest absolute Gasteiger partial charge is 0.450 e. The molecule has 1 aliphatic heterocycles. The lowest BCUT2D eigenvalue weighted by atomic mass is 10.0. The molecule has 3 heteroatoms. The monoisotopic (exact) mass is 349 g/mol. The first kappa shape index (κ1) is 14.4. The number of fused-ring (bicyclic) bond motifs is 5. The summed E-state index contributed by atoms with van der Waals surface area (Å²) in [6.07, 6.45) is 0. The molecule has 27 heavy (non-hydrogen) atoms. The van der Waals surface area contributed by atoms with Crippen LogP contribution in [0, 0.1) is 0 Å². The molecular weight excluding hydrogens is 334 g/mol. The average molecular weight is 349 g/mol. The van der Waals surface area contributed by atoms with Gasteiger partial charge in [0.2, 0.25) is 0 Å². The molecule has 0 fully saturated rings. The van der Waals surface area contributed by atoms with Crippen molar-refractivity contribution in [3.8, 4) is 34.1 Å². The number of H-pyrrole nitrogens is 1. The zero-order chi connectivity index (χ0) is 17.8. The van der Waals surface area contributed by atoms with E-state index in [0.717, 1.165) is 45.2 Å². The number of hydrogen-bond donors (Lipinski definition) is 1. The zero-order valence-electron chi connectivity index (χ0n) is 14.4. The van der Waals surface area contributed by atoms with Crippen molar-refractivity contribution in [3.63, 3.8) is 0 Å². The van der Waals surface area contributed by atoms with E-state index in [4.69, 9.17) is 9.47 Å². The summed E-state index contributed by atoms with van der Waals surface area (Å²) >= 11 is 0. The summed E-state index contributed by atoms with van der Waals surface area (Å²) in [5.74, 6) is 2.98. The average Bonchev–Trinajstić information content (AvgIpc) is 3.09. The number of aromatic nitrogens is 1. The van der Waals surface area contributed by atoms with Crippen molar-refractivity contribution in [2.45, 2.75) is 0 Å². The summed E-state index contributed by atoms with van der Waals surface area (Å²) in [7, 11) is 0. The Morgan fingerprint density at radius 1 is 0.481 bits per heavy atom. The van der Waals surface area contributed by atoms with E-state index in [9.17, 15) is 0 Å². The van der Waals surface area contributed by atoms with Gasteiger partial charge in [0, 0.05) is 21.8 Å². The summed E-state index contributed by atoms with van der Waals surface area (Å²) < 4.78 is 12.0. The molecule has 0 aliphatic carbocycles. The topological polar surface area (TPSA) is 34.2 Å². The molecular formula is C24H15NO2. The maximum absolute atomic E-state index is 6.05. The molecule has 3 nitrogen and oxygen atoms in total. The molecule has 5 aromatic rings. The molecule has 4 aromatic carbocycles. The second-order valence-corrected chi connectivity index (χ2v) is 6.74. The summed E-state index contributed by atoms with van der Waals surface area (Å²) in [6, 6.07) is 28.7. The summed E-state index contributed by atoms with van der Waals surface area (Å²) in [6.45, 7) is 0. The first-order valence-corrected chi connectivity index (χ1v) is 8.95. The number of nitrogens with one attached hydrogen (secondary N) is 1. The van der Waals surface area contributed by atoms with Crippen LogP contribution in [0.25, 0.3) is 32.9 Å². The van der Waals surface area contributed by atoms with Crippen LogP contribution in [0.1, 0.15) is 0 Å². The lowest BCUT2D eigenvalue weighted by Crippen LogP contribution is -1.98. The maximum atomic E-state index is 6.05. The molecule has 128 valence electrons. The fourth-order valence-electron chi connectivity index (χ4n) is 3.74.